The SMILES string of the molecule is C[C@]1(C(=O)C(Cc2ccccc2)NC(=O)OCc2ccccc2)CO1. The summed E-state index contributed by atoms with van der Waals surface area (Å²) >= 11 is 0. The van der Waals surface area contributed by atoms with E-state index in [1.165, 1.54) is 0 Å². The quantitative estimate of drug-likeness (QED) is 0.788. The van der Waals surface area contributed by atoms with Crippen LogP contribution >= 0.6 is 0 Å². The number of hydrogen-bond donors (Lipinski definition) is 1. The molecule has 0 bridgehead atoms. The summed E-state index contributed by atoms with van der Waals surface area (Å²) in [7, 11) is 0. The molecular weight excluding hydrogens is 318 g/mol. The summed E-state index contributed by atoms with van der Waals surface area (Å²) in [5.74, 6) is -0.131. The first-order chi connectivity index (χ1) is 12.1. The fourth-order valence-corrected chi connectivity index (χ4v) is 2.59. The molecule has 2 aromatic carbocycles. The van der Waals surface area contributed by atoms with Crippen LogP contribution in [0.2, 0.25) is 0 Å². The lowest BCUT2D eigenvalue weighted by Gasteiger charge is -2.19. The summed E-state index contributed by atoms with van der Waals surface area (Å²) in [6, 6.07) is 18.3. The number of alkyl carbamates (subject to hydrolysis) is 1. The molecule has 0 radical (unpaired) electrons. The van der Waals surface area contributed by atoms with Crippen molar-refractivity contribution >= 4 is 11.9 Å². The van der Waals surface area contributed by atoms with Crippen molar-refractivity contribution in [2.45, 2.75) is 31.6 Å². The molecule has 5 nitrogen and oxygen atoms in total. The van der Waals surface area contributed by atoms with E-state index >= 15 is 0 Å². The Labute approximate surface area is 147 Å². The molecule has 1 saturated heterocycles. The number of carbonyl (C=O) groups is 2. The first-order valence-corrected chi connectivity index (χ1v) is 8.26. The predicted octanol–water partition coefficient (Wildman–Crippen LogP) is 2.88. The fourth-order valence-electron chi connectivity index (χ4n) is 2.59. The second-order valence-corrected chi connectivity index (χ2v) is 6.33. The molecule has 2 atom stereocenters. The maximum Gasteiger partial charge on any atom is 0.408 e. The van der Waals surface area contributed by atoms with Crippen LogP contribution in [0, 0.1) is 0 Å². The second-order valence-electron chi connectivity index (χ2n) is 6.33. The van der Waals surface area contributed by atoms with Crippen LogP contribution in [0.1, 0.15) is 18.1 Å². The van der Waals surface area contributed by atoms with Gasteiger partial charge in [0.05, 0.1) is 12.6 Å². The lowest BCUT2D eigenvalue weighted by atomic mass is 9.95. The number of Topliss-reactive ketones (excluding diaryl/α,β-unsaturated/α-hetero) is 1. The van der Waals surface area contributed by atoms with Gasteiger partial charge in [0.2, 0.25) is 0 Å². The molecular formula is C20H21NO4. The molecule has 1 aliphatic rings. The molecule has 0 spiro atoms. The van der Waals surface area contributed by atoms with Crippen molar-refractivity contribution in [3.05, 3.63) is 71.8 Å². The summed E-state index contributed by atoms with van der Waals surface area (Å²) in [6.07, 6.45) is -0.207. The zero-order chi connectivity index (χ0) is 17.7. The van der Waals surface area contributed by atoms with Crippen LogP contribution in [0.15, 0.2) is 60.7 Å². The van der Waals surface area contributed by atoms with Gasteiger partial charge in [0.1, 0.15) is 12.2 Å². The minimum atomic E-state index is -0.799. The van der Waals surface area contributed by atoms with Gasteiger partial charge in [-0.25, -0.2) is 4.79 Å². The van der Waals surface area contributed by atoms with Gasteiger partial charge in [0, 0.05) is 0 Å². The first-order valence-electron chi connectivity index (χ1n) is 8.26. The Morgan fingerprint density at radius 3 is 2.20 bits per heavy atom. The normalized spacial score (nSPS) is 19.7. The van der Waals surface area contributed by atoms with E-state index in [0.717, 1.165) is 11.1 Å². The number of ketones is 1. The average Bonchev–Trinajstić information content (AvgIpc) is 3.39. The first kappa shape index (κ1) is 17.2. The van der Waals surface area contributed by atoms with Gasteiger partial charge in [0.25, 0.3) is 0 Å². The Kier molecular flexibility index (Phi) is 5.14. The summed E-state index contributed by atoms with van der Waals surface area (Å²) in [5.41, 5.74) is 1.06. The van der Waals surface area contributed by atoms with Crippen LogP contribution in [0.4, 0.5) is 4.79 Å². The zero-order valence-electron chi connectivity index (χ0n) is 14.1. The van der Waals surface area contributed by atoms with Gasteiger partial charge in [-0.2, -0.15) is 0 Å². The Bertz CT molecular complexity index is 726. The van der Waals surface area contributed by atoms with E-state index in [1.807, 2.05) is 60.7 Å². The smallest absolute Gasteiger partial charge is 0.408 e. The van der Waals surface area contributed by atoms with Gasteiger partial charge in [-0.1, -0.05) is 60.7 Å². The second kappa shape index (κ2) is 7.49. The zero-order valence-corrected chi connectivity index (χ0v) is 14.1. The standard InChI is InChI=1S/C20H21NO4/c1-20(14-25-20)18(22)17(12-15-8-4-2-5-9-15)21-19(23)24-13-16-10-6-3-7-11-16/h2-11,17H,12-14H2,1H3,(H,21,23)/t17?,20-/m1/s1. The molecule has 5 heteroatoms. The lowest BCUT2D eigenvalue weighted by molar-refractivity contribution is -0.125. The molecule has 0 aliphatic carbocycles. The Morgan fingerprint density at radius 1 is 1.08 bits per heavy atom. The third-order valence-corrected chi connectivity index (χ3v) is 4.20. The minimum absolute atomic E-state index is 0.131. The van der Waals surface area contributed by atoms with E-state index in [2.05, 4.69) is 5.32 Å². The van der Waals surface area contributed by atoms with Crippen LogP contribution in [0.3, 0.4) is 0 Å². The molecule has 1 aliphatic heterocycles. The van der Waals surface area contributed by atoms with Gasteiger partial charge in [-0.3, -0.25) is 4.79 Å². The third kappa shape index (κ3) is 4.67. The van der Waals surface area contributed by atoms with Crippen LogP contribution in [0.25, 0.3) is 0 Å². The molecule has 3 rings (SSSR count). The molecule has 1 N–H and O–H groups in total. The Morgan fingerprint density at radius 2 is 1.64 bits per heavy atom. The van der Waals surface area contributed by atoms with Crippen LogP contribution < -0.4 is 5.32 Å². The number of ether oxygens (including phenoxy) is 2. The Balaban J connectivity index is 1.62. The highest BCUT2D eigenvalue weighted by molar-refractivity contribution is 5.95. The molecule has 2 aromatic rings. The van der Waals surface area contributed by atoms with E-state index in [9.17, 15) is 9.59 Å². The number of nitrogens with one attached hydrogen (secondary N) is 1. The highest BCUT2D eigenvalue weighted by Gasteiger charge is 2.50. The molecule has 130 valence electrons. The largest absolute Gasteiger partial charge is 0.445 e. The summed E-state index contributed by atoms with van der Waals surface area (Å²) < 4.78 is 10.5. The number of benzene rings is 2. The van der Waals surface area contributed by atoms with Crippen LogP contribution in [-0.2, 0) is 27.3 Å². The molecule has 0 aromatic heterocycles. The van der Waals surface area contributed by atoms with Gasteiger partial charge in [-0.15, -0.1) is 0 Å². The van der Waals surface area contributed by atoms with E-state index in [-0.39, 0.29) is 12.4 Å². The van der Waals surface area contributed by atoms with Crippen molar-refractivity contribution in [1.29, 1.82) is 0 Å². The van der Waals surface area contributed by atoms with Crippen molar-refractivity contribution in [2.24, 2.45) is 0 Å². The molecule has 1 amide bonds. The number of epoxide rings is 1. The van der Waals surface area contributed by atoms with Gasteiger partial charge in [-0.05, 0) is 24.5 Å². The van der Waals surface area contributed by atoms with Crippen molar-refractivity contribution in [2.75, 3.05) is 6.61 Å². The van der Waals surface area contributed by atoms with Gasteiger partial charge in [0.15, 0.2) is 5.78 Å². The number of rotatable bonds is 7. The molecule has 0 saturated carbocycles. The number of carbonyl (C=O) groups excluding carboxylic acids is 2. The highest BCUT2D eigenvalue weighted by atomic mass is 16.6. The topological polar surface area (TPSA) is 67.9 Å². The molecule has 1 unspecified atom stereocenters. The van der Waals surface area contributed by atoms with Crippen molar-refractivity contribution in [1.82, 2.24) is 5.32 Å². The van der Waals surface area contributed by atoms with Crippen LogP contribution in [-0.4, -0.2) is 30.1 Å². The van der Waals surface area contributed by atoms with Crippen molar-refractivity contribution in [3.63, 3.8) is 0 Å². The van der Waals surface area contributed by atoms with Crippen molar-refractivity contribution < 1.29 is 19.1 Å². The van der Waals surface area contributed by atoms with Crippen LogP contribution in [0.5, 0.6) is 0 Å². The van der Waals surface area contributed by atoms with E-state index in [4.69, 9.17) is 9.47 Å². The fraction of sp³-hybridized carbons (Fsp3) is 0.300. The highest BCUT2D eigenvalue weighted by Crippen LogP contribution is 2.29. The molecule has 25 heavy (non-hydrogen) atoms. The number of hydrogen-bond acceptors (Lipinski definition) is 4. The van der Waals surface area contributed by atoms with E-state index in [0.29, 0.717) is 13.0 Å². The summed E-state index contributed by atoms with van der Waals surface area (Å²) in [4.78, 5) is 24.8. The summed E-state index contributed by atoms with van der Waals surface area (Å²) in [6.45, 7) is 2.29. The number of amides is 1. The maximum absolute atomic E-state index is 12.6. The van der Waals surface area contributed by atoms with Gasteiger partial charge >= 0.3 is 6.09 Å². The van der Waals surface area contributed by atoms with Crippen molar-refractivity contribution in [3.8, 4) is 0 Å². The van der Waals surface area contributed by atoms with E-state index < -0.39 is 17.7 Å². The Hall–Kier alpha value is -2.66. The van der Waals surface area contributed by atoms with E-state index in [1.54, 1.807) is 6.92 Å². The average molecular weight is 339 g/mol. The minimum Gasteiger partial charge on any atom is -0.445 e. The lowest BCUT2D eigenvalue weighted by Crippen LogP contribution is -2.47. The maximum atomic E-state index is 12.6. The van der Waals surface area contributed by atoms with Gasteiger partial charge < -0.3 is 14.8 Å². The summed E-state index contributed by atoms with van der Waals surface area (Å²) in [5, 5.41) is 2.69. The molecule has 1 fully saturated rings. The molecule has 1 heterocycles. The monoisotopic (exact) mass is 339 g/mol. The predicted molar refractivity (Wildman–Crippen MR) is 93.1 cm³/mol. The third-order valence-electron chi connectivity index (χ3n) is 4.20.